The Labute approximate surface area is 182 Å². The second-order valence-corrected chi connectivity index (χ2v) is 7.24. The number of rotatable bonds is 8. The molecule has 0 aliphatic heterocycles. The molecule has 0 atom stereocenters. The lowest BCUT2D eigenvalue weighted by Crippen LogP contribution is -2.37. The maximum Gasteiger partial charge on any atom is 0.191 e. The third kappa shape index (κ3) is 7.25. The summed E-state index contributed by atoms with van der Waals surface area (Å²) < 4.78 is 14.4. The van der Waals surface area contributed by atoms with Gasteiger partial charge in [0, 0.05) is 50.7 Å². The fourth-order valence-corrected chi connectivity index (χ4v) is 3.48. The summed E-state index contributed by atoms with van der Waals surface area (Å²) in [5, 5.41) is 7.60. The highest BCUT2D eigenvalue weighted by Gasteiger charge is 2.09. The van der Waals surface area contributed by atoms with Gasteiger partial charge in [0.2, 0.25) is 0 Å². The first kappa shape index (κ1) is 23.6. The van der Waals surface area contributed by atoms with Crippen LogP contribution < -0.4 is 15.5 Å². The first-order chi connectivity index (χ1) is 12.6. The van der Waals surface area contributed by atoms with Crippen LogP contribution in [0.5, 0.6) is 0 Å². The van der Waals surface area contributed by atoms with Gasteiger partial charge in [-0.25, -0.2) is 9.37 Å². The van der Waals surface area contributed by atoms with Crippen LogP contribution in [0.3, 0.4) is 0 Å². The number of thiazole rings is 1. The van der Waals surface area contributed by atoms with E-state index in [-0.39, 0.29) is 29.8 Å². The molecule has 27 heavy (non-hydrogen) atoms. The molecule has 1 aromatic heterocycles. The van der Waals surface area contributed by atoms with Crippen molar-refractivity contribution in [3.63, 3.8) is 0 Å². The SMILES string of the molecule is CCN(CC)c1ccc(CNC(=NC)NCCc2ncc(C)s2)cc1F.I. The molecule has 0 unspecified atom stereocenters. The fraction of sp³-hybridized carbons (Fsp3) is 0.474. The smallest absolute Gasteiger partial charge is 0.191 e. The monoisotopic (exact) mass is 505 g/mol. The van der Waals surface area contributed by atoms with Crippen LogP contribution in [-0.4, -0.2) is 37.6 Å². The summed E-state index contributed by atoms with van der Waals surface area (Å²) in [6, 6.07) is 5.39. The molecule has 0 saturated heterocycles. The van der Waals surface area contributed by atoms with Crippen LogP contribution in [0.25, 0.3) is 0 Å². The summed E-state index contributed by atoms with van der Waals surface area (Å²) in [6.45, 7) is 8.97. The molecule has 2 rings (SSSR count). The number of halogens is 2. The van der Waals surface area contributed by atoms with E-state index in [0.29, 0.717) is 18.2 Å². The van der Waals surface area contributed by atoms with Crippen LogP contribution in [-0.2, 0) is 13.0 Å². The second-order valence-electron chi connectivity index (χ2n) is 5.93. The molecule has 0 aliphatic rings. The third-order valence-electron chi connectivity index (χ3n) is 4.10. The lowest BCUT2D eigenvalue weighted by atomic mass is 10.2. The summed E-state index contributed by atoms with van der Waals surface area (Å²) >= 11 is 1.71. The van der Waals surface area contributed by atoms with Crippen LogP contribution in [0.2, 0.25) is 0 Å². The minimum absolute atomic E-state index is 0. The lowest BCUT2D eigenvalue weighted by molar-refractivity contribution is 0.617. The molecule has 0 aliphatic carbocycles. The van der Waals surface area contributed by atoms with Crippen molar-refractivity contribution < 1.29 is 4.39 Å². The van der Waals surface area contributed by atoms with E-state index in [1.165, 1.54) is 4.88 Å². The van der Waals surface area contributed by atoms with E-state index in [2.05, 4.69) is 27.5 Å². The Morgan fingerprint density at radius 1 is 1.26 bits per heavy atom. The van der Waals surface area contributed by atoms with Crippen LogP contribution in [0.15, 0.2) is 29.4 Å². The Morgan fingerprint density at radius 2 is 2.00 bits per heavy atom. The molecule has 5 nitrogen and oxygen atoms in total. The Kier molecular flexibility index (Phi) is 10.6. The Morgan fingerprint density at radius 3 is 2.56 bits per heavy atom. The molecule has 0 radical (unpaired) electrons. The van der Waals surface area contributed by atoms with Gasteiger partial charge >= 0.3 is 0 Å². The van der Waals surface area contributed by atoms with Gasteiger partial charge < -0.3 is 15.5 Å². The Balaban J connectivity index is 0.00000364. The van der Waals surface area contributed by atoms with Crippen molar-refractivity contribution in [2.45, 2.75) is 33.7 Å². The molecule has 0 fully saturated rings. The molecule has 1 aromatic carbocycles. The van der Waals surface area contributed by atoms with Crippen molar-refractivity contribution in [2.24, 2.45) is 4.99 Å². The number of hydrogen-bond acceptors (Lipinski definition) is 4. The quantitative estimate of drug-likeness (QED) is 0.324. The number of aliphatic imine (C=N–C) groups is 1. The molecule has 0 bridgehead atoms. The van der Waals surface area contributed by atoms with Gasteiger partial charge in [-0.05, 0) is 38.5 Å². The van der Waals surface area contributed by atoms with Crippen molar-refractivity contribution in [1.82, 2.24) is 15.6 Å². The average Bonchev–Trinajstić information content (AvgIpc) is 3.05. The number of aryl methyl sites for hydroxylation is 1. The van der Waals surface area contributed by atoms with Gasteiger partial charge in [0.1, 0.15) is 5.82 Å². The molecule has 2 aromatic rings. The van der Waals surface area contributed by atoms with Crippen molar-refractivity contribution in [2.75, 3.05) is 31.6 Å². The number of nitrogens with one attached hydrogen (secondary N) is 2. The van der Waals surface area contributed by atoms with Crippen LogP contribution in [0, 0.1) is 12.7 Å². The molecule has 2 N–H and O–H groups in total. The highest BCUT2D eigenvalue weighted by Crippen LogP contribution is 2.20. The van der Waals surface area contributed by atoms with E-state index >= 15 is 0 Å². The van der Waals surface area contributed by atoms with Crippen molar-refractivity contribution >= 4 is 47.0 Å². The standard InChI is InChI=1S/C19H28FN5S.HI/c1-5-25(6-2)17-8-7-15(11-16(17)20)13-24-19(21-4)22-10-9-18-23-12-14(3)26-18;/h7-8,11-12H,5-6,9-10,13H2,1-4H3,(H2,21,22,24);1H. The largest absolute Gasteiger partial charge is 0.370 e. The topological polar surface area (TPSA) is 52.5 Å². The molecular formula is C19H29FIN5S. The van der Waals surface area contributed by atoms with Gasteiger partial charge in [0.15, 0.2) is 5.96 Å². The van der Waals surface area contributed by atoms with Gasteiger partial charge in [-0.3, -0.25) is 4.99 Å². The third-order valence-corrected chi connectivity index (χ3v) is 5.07. The Hall–Kier alpha value is -1.42. The average molecular weight is 505 g/mol. The minimum atomic E-state index is -0.185. The zero-order valence-electron chi connectivity index (χ0n) is 16.4. The maximum absolute atomic E-state index is 14.4. The molecule has 8 heteroatoms. The number of hydrogen-bond donors (Lipinski definition) is 2. The zero-order valence-corrected chi connectivity index (χ0v) is 19.5. The summed E-state index contributed by atoms with van der Waals surface area (Å²) in [6.07, 6.45) is 2.75. The summed E-state index contributed by atoms with van der Waals surface area (Å²) in [5.74, 6) is 0.515. The van der Waals surface area contributed by atoms with E-state index in [1.807, 2.05) is 37.1 Å². The highest BCUT2D eigenvalue weighted by molar-refractivity contribution is 14.0. The van der Waals surface area contributed by atoms with Crippen LogP contribution >= 0.6 is 35.3 Å². The van der Waals surface area contributed by atoms with Crippen LogP contribution in [0.1, 0.15) is 29.3 Å². The van der Waals surface area contributed by atoms with Gasteiger partial charge in [-0.2, -0.15) is 0 Å². The summed E-state index contributed by atoms with van der Waals surface area (Å²) in [7, 11) is 1.73. The lowest BCUT2D eigenvalue weighted by Gasteiger charge is -2.22. The summed E-state index contributed by atoms with van der Waals surface area (Å²) in [5.41, 5.74) is 1.54. The van der Waals surface area contributed by atoms with E-state index in [1.54, 1.807) is 24.5 Å². The van der Waals surface area contributed by atoms with Crippen molar-refractivity contribution in [3.05, 3.63) is 45.7 Å². The fourth-order valence-electron chi connectivity index (χ4n) is 2.69. The molecule has 0 amide bonds. The van der Waals surface area contributed by atoms with Crippen molar-refractivity contribution in [3.8, 4) is 0 Å². The Bertz CT molecular complexity index is 731. The first-order valence-electron chi connectivity index (χ1n) is 8.96. The van der Waals surface area contributed by atoms with E-state index in [4.69, 9.17) is 0 Å². The van der Waals surface area contributed by atoms with Crippen molar-refractivity contribution in [1.29, 1.82) is 0 Å². The predicted molar refractivity (Wildman–Crippen MR) is 124 cm³/mol. The maximum atomic E-state index is 14.4. The number of benzene rings is 1. The van der Waals surface area contributed by atoms with E-state index < -0.39 is 0 Å². The molecule has 0 spiro atoms. The number of nitrogens with zero attached hydrogens (tertiary/aromatic N) is 3. The molecule has 150 valence electrons. The number of aromatic nitrogens is 1. The van der Waals surface area contributed by atoms with E-state index in [9.17, 15) is 4.39 Å². The zero-order chi connectivity index (χ0) is 18.9. The van der Waals surface area contributed by atoms with Crippen LogP contribution in [0.4, 0.5) is 10.1 Å². The minimum Gasteiger partial charge on any atom is -0.370 e. The van der Waals surface area contributed by atoms with Gasteiger partial charge in [-0.1, -0.05) is 6.07 Å². The van der Waals surface area contributed by atoms with Gasteiger partial charge in [-0.15, -0.1) is 35.3 Å². The van der Waals surface area contributed by atoms with Gasteiger partial charge in [0.25, 0.3) is 0 Å². The van der Waals surface area contributed by atoms with E-state index in [0.717, 1.165) is 36.6 Å². The predicted octanol–water partition coefficient (Wildman–Crippen LogP) is 3.96. The normalized spacial score (nSPS) is 11.1. The molecule has 1 heterocycles. The second kappa shape index (κ2) is 12.1. The summed E-state index contributed by atoms with van der Waals surface area (Å²) in [4.78, 5) is 11.8. The first-order valence-corrected chi connectivity index (χ1v) is 9.78. The van der Waals surface area contributed by atoms with Gasteiger partial charge in [0.05, 0.1) is 10.7 Å². The number of anilines is 1. The number of guanidine groups is 1. The molecule has 0 saturated carbocycles. The molecular weight excluding hydrogens is 476 g/mol. The highest BCUT2D eigenvalue weighted by atomic mass is 127.